The number of hydrogen-bond acceptors (Lipinski definition) is 4. The molecule has 17 heavy (non-hydrogen) atoms. The molecule has 1 aromatic carbocycles. The third-order valence-electron chi connectivity index (χ3n) is 2.45. The van der Waals surface area contributed by atoms with Crippen molar-refractivity contribution in [1.82, 2.24) is 9.97 Å². The largest absolute Gasteiger partial charge is 0.493 e. The van der Waals surface area contributed by atoms with Crippen molar-refractivity contribution in [3.05, 3.63) is 41.0 Å². The molecule has 0 saturated carbocycles. The molecule has 3 nitrogen and oxygen atoms in total. The lowest BCUT2D eigenvalue weighted by Crippen LogP contribution is -1.85. The van der Waals surface area contributed by atoms with Gasteiger partial charge in [0.15, 0.2) is 0 Å². The Balaban J connectivity index is 2.23. The standard InChI is InChI=1S/C12H7ClN2OS/c13-9-4-8(3-7-1-2-17-12(7)9)10-5-11(16)15-6-14-10/h1-6H,(H,14,15,16). The average Bonchev–Trinajstić information content (AvgIpc) is 2.77. The van der Waals surface area contributed by atoms with E-state index in [9.17, 15) is 5.11 Å². The summed E-state index contributed by atoms with van der Waals surface area (Å²) in [6.45, 7) is 0. The molecule has 3 aromatic rings. The van der Waals surface area contributed by atoms with Crippen molar-refractivity contribution < 1.29 is 5.11 Å². The normalized spacial score (nSPS) is 10.9. The lowest BCUT2D eigenvalue weighted by molar-refractivity contribution is 0.452. The Kier molecular flexibility index (Phi) is 2.46. The van der Waals surface area contributed by atoms with Gasteiger partial charge in [0.25, 0.3) is 0 Å². The van der Waals surface area contributed by atoms with Crippen LogP contribution in [-0.2, 0) is 0 Å². The summed E-state index contributed by atoms with van der Waals surface area (Å²) in [4.78, 5) is 7.77. The molecule has 0 aliphatic carbocycles. The van der Waals surface area contributed by atoms with Crippen molar-refractivity contribution in [2.24, 2.45) is 0 Å². The second-order valence-electron chi connectivity index (χ2n) is 3.56. The predicted molar refractivity (Wildman–Crippen MR) is 69.5 cm³/mol. The van der Waals surface area contributed by atoms with E-state index in [1.165, 1.54) is 12.4 Å². The fraction of sp³-hybridized carbons (Fsp3) is 0. The highest BCUT2D eigenvalue weighted by atomic mass is 35.5. The lowest BCUT2D eigenvalue weighted by Gasteiger charge is -2.02. The molecule has 5 heteroatoms. The molecular formula is C12H7ClN2OS. The third kappa shape index (κ3) is 1.85. The number of thiophene rings is 1. The highest BCUT2D eigenvalue weighted by Gasteiger charge is 2.07. The van der Waals surface area contributed by atoms with Crippen LogP contribution in [0.3, 0.4) is 0 Å². The van der Waals surface area contributed by atoms with E-state index < -0.39 is 0 Å². The van der Waals surface area contributed by atoms with Crippen LogP contribution in [0.4, 0.5) is 0 Å². The molecule has 1 N–H and O–H groups in total. The molecule has 0 unspecified atom stereocenters. The maximum Gasteiger partial charge on any atom is 0.214 e. The molecule has 0 radical (unpaired) electrons. The smallest absolute Gasteiger partial charge is 0.214 e. The zero-order valence-corrected chi connectivity index (χ0v) is 10.2. The van der Waals surface area contributed by atoms with E-state index in [0.717, 1.165) is 15.6 Å². The van der Waals surface area contributed by atoms with E-state index in [4.69, 9.17) is 11.6 Å². The van der Waals surface area contributed by atoms with Crippen LogP contribution in [-0.4, -0.2) is 15.1 Å². The van der Waals surface area contributed by atoms with E-state index in [2.05, 4.69) is 9.97 Å². The van der Waals surface area contributed by atoms with Gasteiger partial charge in [-0.05, 0) is 29.0 Å². The number of halogens is 1. The van der Waals surface area contributed by atoms with Gasteiger partial charge in [0.2, 0.25) is 5.88 Å². The molecule has 0 aliphatic rings. The number of fused-ring (bicyclic) bond motifs is 1. The number of nitrogens with zero attached hydrogens (tertiary/aromatic N) is 2. The summed E-state index contributed by atoms with van der Waals surface area (Å²) >= 11 is 7.80. The van der Waals surface area contributed by atoms with Crippen LogP contribution in [0.5, 0.6) is 5.88 Å². The molecule has 2 aromatic heterocycles. The first-order valence-corrected chi connectivity index (χ1v) is 6.18. The van der Waals surface area contributed by atoms with Crippen molar-refractivity contribution in [2.75, 3.05) is 0 Å². The summed E-state index contributed by atoms with van der Waals surface area (Å²) in [6.07, 6.45) is 1.33. The quantitative estimate of drug-likeness (QED) is 0.727. The fourth-order valence-electron chi connectivity index (χ4n) is 1.69. The van der Waals surface area contributed by atoms with Crippen LogP contribution in [0.15, 0.2) is 36.0 Å². The number of aromatic hydroxyl groups is 1. The van der Waals surface area contributed by atoms with Crippen molar-refractivity contribution in [2.45, 2.75) is 0 Å². The van der Waals surface area contributed by atoms with Crippen molar-refractivity contribution in [1.29, 1.82) is 0 Å². The molecule has 3 rings (SSSR count). The summed E-state index contributed by atoms with van der Waals surface area (Å²) < 4.78 is 1.06. The Morgan fingerprint density at radius 2 is 2.06 bits per heavy atom. The molecule has 2 heterocycles. The van der Waals surface area contributed by atoms with Gasteiger partial charge in [-0.3, -0.25) is 0 Å². The summed E-state index contributed by atoms with van der Waals surface area (Å²) in [5, 5.41) is 13.1. The second-order valence-corrected chi connectivity index (χ2v) is 4.88. The Morgan fingerprint density at radius 1 is 1.18 bits per heavy atom. The minimum Gasteiger partial charge on any atom is -0.493 e. The Labute approximate surface area is 106 Å². The Hall–Kier alpha value is -1.65. The van der Waals surface area contributed by atoms with Gasteiger partial charge in [-0.1, -0.05) is 11.6 Å². The number of aromatic nitrogens is 2. The van der Waals surface area contributed by atoms with Gasteiger partial charge in [0, 0.05) is 11.6 Å². The van der Waals surface area contributed by atoms with E-state index >= 15 is 0 Å². The maximum atomic E-state index is 9.33. The number of benzene rings is 1. The van der Waals surface area contributed by atoms with Crippen LogP contribution in [0.25, 0.3) is 21.3 Å². The van der Waals surface area contributed by atoms with Crippen LogP contribution in [0, 0.1) is 0 Å². The van der Waals surface area contributed by atoms with Gasteiger partial charge < -0.3 is 5.11 Å². The molecule has 0 amide bonds. The van der Waals surface area contributed by atoms with Gasteiger partial charge in [-0.15, -0.1) is 11.3 Å². The zero-order valence-electron chi connectivity index (χ0n) is 8.59. The number of hydrogen-bond donors (Lipinski definition) is 1. The minimum absolute atomic E-state index is 0.0449. The first-order chi connectivity index (χ1) is 8.24. The topological polar surface area (TPSA) is 46.0 Å². The predicted octanol–water partition coefficient (Wildman–Crippen LogP) is 3.72. The van der Waals surface area contributed by atoms with Crippen LogP contribution < -0.4 is 0 Å². The molecule has 0 bridgehead atoms. The fourth-order valence-corrected chi connectivity index (χ4v) is 2.84. The van der Waals surface area contributed by atoms with E-state index in [0.29, 0.717) is 10.7 Å². The van der Waals surface area contributed by atoms with Gasteiger partial charge in [-0.25, -0.2) is 9.97 Å². The summed E-state index contributed by atoms with van der Waals surface area (Å²) in [5.41, 5.74) is 1.53. The number of rotatable bonds is 1. The molecular weight excluding hydrogens is 256 g/mol. The van der Waals surface area contributed by atoms with Gasteiger partial charge in [0.05, 0.1) is 15.4 Å². The highest BCUT2D eigenvalue weighted by molar-refractivity contribution is 7.17. The summed E-state index contributed by atoms with van der Waals surface area (Å²) in [7, 11) is 0. The monoisotopic (exact) mass is 262 g/mol. The molecule has 0 atom stereocenters. The van der Waals surface area contributed by atoms with E-state index in [-0.39, 0.29) is 5.88 Å². The highest BCUT2D eigenvalue weighted by Crippen LogP contribution is 2.33. The minimum atomic E-state index is -0.0449. The maximum absolute atomic E-state index is 9.33. The molecule has 0 aliphatic heterocycles. The van der Waals surface area contributed by atoms with Crippen molar-refractivity contribution in [3.8, 4) is 17.1 Å². The second kappa shape index (κ2) is 3.98. The summed E-state index contributed by atoms with van der Waals surface area (Å²) in [5.74, 6) is -0.0449. The Bertz CT molecular complexity index is 696. The van der Waals surface area contributed by atoms with Crippen LogP contribution >= 0.6 is 22.9 Å². The summed E-state index contributed by atoms with van der Waals surface area (Å²) in [6, 6.07) is 7.38. The third-order valence-corrected chi connectivity index (χ3v) is 3.83. The Morgan fingerprint density at radius 3 is 2.88 bits per heavy atom. The van der Waals surface area contributed by atoms with Crippen LogP contribution in [0.2, 0.25) is 5.02 Å². The van der Waals surface area contributed by atoms with Gasteiger partial charge in [-0.2, -0.15) is 0 Å². The lowest BCUT2D eigenvalue weighted by atomic mass is 10.1. The van der Waals surface area contributed by atoms with Crippen LogP contribution in [0.1, 0.15) is 0 Å². The first-order valence-electron chi connectivity index (χ1n) is 4.92. The van der Waals surface area contributed by atoms with E-state index in [1.807, 2.05) is 23.6 Å². The van der Waals surface area contributed by atoms with Crippen molar-refractivity contribution >= 4 is 33.0 Å². The van der Waals surface area contributed by atoms with Gasteiger partial charge in [0.1, 0.15) is 6.33 Å². The molecule has 84 valence electrons. The molecule has 0 fully saturated rings. The molecule has 0 saturated heterocycles. The average molecular weight is 263 g/mol. The SMILES string of the molecule is Oc1cc(-c2cc(Cl)c3sccc3c2)ncn1. The van der Waals surface area contributed by atoms with Crippen molar-refractivity contribution in [3.63, 3.8) is 0 Å². The van der Waals surface area contributed by atoms with E-state index in [1.54, 1.807) is 11.3 Å². The zero-order chi connectivity index (χ0) is 11.8. The molecule has 0 spiro atoms. The van der Waals surface area contributed by atoms with Gasteiger partial charge >= 0.3 is 0 Å². The first kappa shape index (κ1) is 10.5.